The molecule has 1 aliphatic rings. The minimum Gasteiger partial charge on any atom is -0.481 e. The second-order valence-corrected chi connectivity index (χ2v) is 9.07. The first-order chi connectivity index (χ1) is 12.1. The maximum absolute atomic E-state index is 13.3. The van der Waals surface area contributed by atoms with E-state index in [1.165, 1.54) is 0 Å². The third kappa shape index (κ3) is 4.10. The van der Waals surface area contributed by atoms with Gasteiger partial charge >= 0.3 is 5.97 Å². The predicted molar refractivity (Wildman–Crippen MR) is 102 cm³/mol. The van der Waals surface area contributed by atoms with Gasteiger partial charge in [0, 0.05) is 32.6 Å². The van der Waals surface area contributed by atoms with Crippen LogP contribution in [0.5, 0.6) is 0 Å². The normalized spacial score (nSPS) is 16.8. The molecule has 0 atom stereocenters. The van der Waals surface area contributed by atoms with E-state index < -0.39 is 16.0 Å². The first-order valence-electron chi connectivity index (χ1n) is 9.08. The number of hydrogen-bond acceptors (Lipinski definition) is 4. The molecule has 1 heterocycles. The molecule has 0 spiro atoms. The average Bonchev–Trinajstić information content (AvgIpc) is 2.58. The van der Waals surface area contributed by atoms with E-state index >= 15 is 0 Å². The van der Waals surface area contributed by atoms with Crippen LogP contribution in [0.15, 0.2) is 4.90 Å². The van der Waals surface area contributed by atoms with Crippen molar-refractivity contribution in [1.82, 2.24) is 9.21 Å². The van der Waals surface area contributed by atoms with Crippen LogP contribution in [0.3, 0.4) is 0 Å². The van der Waals surface area contributed by atoms with E-state index in [4.69, 9.17) is 5.11 Å². The van der Waals surface area contributed by atoms with Gasteiger partial charge < -0.3 is 10.0 Å². The van der Waals surface area contributed by atoms with Crippen molar-refractivity contribution in [3.63, 3.8) is 0 Å². The summed E-state index contributed by atoms with van der Waals surface area (Å²) in [5.41, 5.74) is 4.92. The molecule has 1 aromatic carbocycles. The molecule has 2 rings (SSSR count). The number of nitrogens with zero attached hydrogens (tertiary/aromatic N) is 2. The number of piperazine rings is 1. The Balaban J connectivity index is 2.17. The van der Waals surface area contributed by atoms with Crippen molar-refractivity contribution in [3.8, 4) is 0 Å². The van der Waals surface area contributed by atoms with Gasteiger partial charge in [0.15, 0.2) is 0 Å². The summed E-state index contributed by atoms with van der Waals surface area (Å²) in [5.74, 6) is -0.790. The van der Waals surface area contributed by atoms with Crippen LogP contribution in [-0.4, -0.2) is 61.4 Å². The maximum Gasteiger partial charge on any atom is 0.303 e. The fourth-order valence-corrected chi connectivity index (χ4v) is 5.61. The molecule has 7 heteroatoms. The molecule has 1 aromatic rings. The van der Waals surface area contributed by atoms with Crippen LogP contribution in [0, 0.1) is 34.6 Å². The minimum atomic E-state index is -3.53. The van der Waals surface area contributed by atoms with E-state index in [0.717, 1.165) is 27.8 Å². The molecule has 0 bridgehead atoms. The molecule has 146 valence electrons. The summed E-state index contributed by atoms with van der Waals surface area (Å²) in [6.45, 7) is 12.7. The monoisotopic (exact) mass is 382 g/mol. The van der Waals surface area contributed by atoms with Crippen LogP contribution in [0.4, 0.5) is 0 Å². The van der Waals surface area contributed by atoms with Gasteiger partial charge in [-0.2, -0.15) is 4.31 Å². The van der Waals surface area contributed by atoms with Crippen molar-refractivity contribution in [2.24, 2.45) is 0 Å². The number of carboxylic acid groups (broad SMARTS) is 1. The van der Waals surface area contributed by atoms with Crippen molar-refractivity contribution in [2.45, 2.75) is 52.4 Å². The van der Waals surface area contributed by atoms with Crippen LogP contribution >= 0.6 is 0 Å². The highest BCUT2D eigenvalue weighted by molar-refractivity contribution is 7.89. The van der Waals surface area contributed by atoms with E-state index in [2.05, 4.69) is 4.90 Å². The highest BCUT2D eigenvalue weighted by Gasteiger charge is 2.32. The van der Waals surface area contributed by atoms with Crippen molar-refractivity contribution in [1.29, 1.82) is 0 Å². The Morgan fingerprint density at radius 3 is 1.81 bits per heavy atom. The SMILES string of the molecule is Cc1c(C)c(C)c(S(=O)(=O)N2CCN(CCCC(=O)O)CC2)c(C)c1C. The Bertz CT molecular complexity index is 765. The number of benzene rings is 1. The van der Waals surface area contributed by atoms with E-state index in [9.17, 15) is 13.2 Å². The number of rotatable bonds is 6. The fraction of sp³-hybridized carbons (Fsp3) is 0.632. The topological polar surface area (TPSA) is 77.9 Å². The van der Waals surface area contributed by atoms with E-state index in [-0.39, 0.29) is 6.42 Å². The zero-order valence-electron chi connectivity index (χ0n) is 16.4. The second-order valence-electron chi connectivity index (χ2n) is 7.20. The molecule has 1 saturated heterocycles. The van der Waals surface area contributed by atoms with Crippen molar-refractivity contribution in [2.75, 3.05) is 32.7 Å². The number of aliphatic carboxylic acids is 1. The van der Waals surface area contributed by atoms with Crippen LogP contribution in [-0.2, 0) is 14.8 Å². The van der Waals surface area contributed by atoms with E-state index in [1.807, 2.05) is 34.6 Å². The van der Waals surface area contributed by atoms with Crippen molar-refractivity contribution >= 4 is 16.0 Å². The highest BCUT2D eigenvalue weighted by atomic mass is 32.2. The number of carboxylic acids is 1. The molecule has 6 nitrogen and oxygen atoms in total. The van der Waals surface area contributed by atoms with Gasteiger partial charge in [-0.1, -0.05) is 0 Å². The zero-order valence-corrected chi connectivity index (χ0v) is 17.2. The van der Waals surface area contributed by atoms with E-state index in [1.54, 1.807) is 4.31 Å². The molecule has 0 saturated carbocycles. The van der Waals surface area contributed by atoms with Gasteiger partial charge in [0.05, 0.1) is 4.90 Å². The molecule has 1 fully saturated rings. The molecular formula is C19H30N2O4S. The van der Waals surface area contributed by atoms with Crippen LogP contribution in [0.25, 0.3) is 0 Å². The maximum atomic E-state index is 13.3. The third-order valence-corrected chi connectivity index (χ3v) is 7.90. The number of sulfonamides is 1. The summed E-state index contributed by atoms with van der Waals surface area (Å²) in [6.07, 6.45) is 0.746. The van der Waals surface area contributed by atoms with Crippen LogP contribution < -0.4 is 0 Å². The fourth-order valence-electron chi connectivity index (χ4n) is 3.63. The lowest BCUT2D eigenvalue weighted by molar-refractivity contribution is -0.137. The third-order valence-electron chi connectivity index (χ3n) is 5.73. The molecule has 0 aliphatic carbocycles. The molecule has 0 radical (unpaired) electrons. The molecule has 0 amide bonds. The molecule has 1 N–H and O–H groups in total. The van der Waals surface area contributed by atoms with Crippen LogP contribution in [0.1, 0.15) is 40.7 Å². The van der Waals surface area contributed by atoms with E-state index in [0.29, 0.717) is 44.0 Å². The molecular weight excluding hydrogens is 352 g/mol. The van der Waals surface area contributed by atoms with Gasteiger partial charge in [0.25, 0.3) is 0 Å². The summed E-state index contributed by atoms with van der Waals surface area (Å²) in [7, 11) is -3.53. The number of carbonyl (C=O) groups is 1. The predicted octanol–water partition coefficient (Wildman–Crippen LogP) is 2.40. The Labute approximate surface area is 156 Å². The average molecular weight is 383 g/mol. The minimum absolute atomic E-state index is 0.152. The lowest BCUT2D eigenvalue weighted by Crippen LogP contribution is -2.49. The summed E-state index contributed by atoms with van der Waals surface area (Å²) in [4.78, 5) is 13.2. The Morgan fingerprint density at radius 2 is 1.35 bits per heavy atom. The van der Waals surface area contributed by atoms with Crippen molar-refractivity contribution < 1.29 is 18.3 Å². The van der Waals surface area contributed by atoms with Gasteiger partial charge in [-0.15, -0.1) is 0 Å². The second kappa shape index (κ2) is 8.06. The smallest absolute Gasteiger partial charge is 0.303 e. The highest BCUT2D eigenvalue weighted by Crippen LogP contribution is 2.31. The largest absolute Gasteiger partial charge is 0.481 e. The summed E-state index contributed by atoms with van der Waals surface area (Å²) in [5, 5.41) is 8.73. The van der Waals surface area contributed by atoms with Crippen molar-refractivity contribution in [3.05, 3.63) is 27.8 Å². The molecule has 0 aromatic heterocycles. The first kappa shape index (κ1) is 20.9. The molecule has 0 unspecified atom stereocenters. The quantitative estimate of drug-likeness (QED) is 0.817. The Hall–Kier alpha value is -1.44. The van der Waals surface area contributed by atoms with Gasteiger partial charge in [0.2, 0.25) is 10.0 Å². The van der Waals surface area contributed by atoms with Gasteiger partial charge in [-0.05, 0) is 75.4 Å². The first-order valence-corrected chi connectivity index (χ1v) is 10.5. The Morgan fingerprint density at radius 1 is 0.885 bits per heavy atom. The summed E-state index contributed by atoms with van der Waals surface area (Å²) < 4.78 is 28.1. The zero-order chi connectivity index (χ0) is 19.6. The van der Waals surface area contributed by atoms with Gasteiger partial charge in [-0.25, -0.2) is 8.42 Å². The van der Waals surface area contributed by atoms with Crippen LogP contribution in [0.2, 0.25) is 0 Å². The lowest BCUT2D eigenvalue weighted by Gasteiger charge is -2.34. The number of hydrogen-bond donors (Lipinski definition) is 1. The standard InChI is InChI=1S/C19H30N2O4S/c1-13-14(2)16(4)19(17(5)15(13)3)26(24,25)21-11-9-20(10-12-21)8-6-7-18(22)23/h6-12H2,1-5H3,(H,22,23). The summed E-state index contributed by atoms with van der Waals surface area (Å²) in [6, 6.07) is 0. The summed E-state index contributed by atoms with van der Waals surface area (Å²) >= 11 is 0. The van der Waals surface area contributed by atoms with Gasteiger partial charge in [-0.3, -0.25) is 4.79 Å². The Kier molecular flexibility index (Phi) is 6.47. The lowest BCUT2D eigenvalue weighted by atomic mass is 9.95. The molecule has 26 heavy (non-hydrogen) atoms. The molecule has 1 aliphatic heterocycles. The van der Waals surface area contributed by atoms with Gasteiger partial charge in [0.1, 0.15) is 0 Å².